The van der Waals surface area contributed by atoms with Crippen LogP contribution in [0.25, 0.3) is 11.3 Å². The number of hydrogen-bond donors (Lipinski definition) is 1. The van der Waals surface area contributed by atoms with E-state index >= 15 is 0 Å². The Balaban J connectivity index is 1.37. The summed E-state index contributed by atoms with van der Waals surface area (Å²) >= 11 is 0. The highest BCUT2D eigenvalue weighted by Gasteiger charge is 2.29. The topological polar surface area (TPSA) is 102 Å². The first-order chi connectivity index (χ1) is 17.0. The molecule has 4 rings (SSSR count). The maximum absolute atomic E-state index is 13.3. The smallest absolute Gasteiger partial charge is 0.246 e. The number of anilines is 1. The number of rotatable bonds is 10. The van der Waals surface area contributed by atoms with Crippen molar-refractivity contribution in [3.63, 3.8) is 0 Å². The van der Waals surface area contributed by atoms with E-state index in [1.165, 1.54) is 10.4 Å². The SMILES string of the molecule is CCOc1ccc(NC(=O)CCCc2ncc(-c3ccccc3)o2)cc1S(=O)(=O)N1CCCCC1. The number of amides is 1. The van der Waals surface area contributed by atoms with Gasteiger partial charge in [-0.2, -0.15) is 4.31 Å². The first-order valence-corrected chi connectivity index (χ1v) is 13.5. The largest absolute Gasteiger partial charge is 0.492 e. The lowest BCUT2D eigenvalue weighted by atomic mass is 10.2. The molecule has 35 heavy (non-hydrogen) atoms. The normalized spacial score (nSPS) is 14.5. The van der Waals surface area contributed by atoms with Gasteiger partial charge in [0.1, 0.15) is 10.6 Å². The van der Waals surface area contributed by atoms with Crippen molar-refractivity contribution in [2.45, 2.75) is 50.3 Å². The highest BCUT2D eigenvalue weighted by atomic mass is 32.2. The molecular weight excluding hydrogens is 466 g/mol. The molecule has 1 aliphatic heterocycles. The standard InChI is InChI=1S/C26H31N3O5S/c1-2-33-22-15-14-21(18-24(22)35(31,32)29-16-7-4-8-17-29)28-25(30)12-9-13-26-27-19-23(34-26)20-10-5-3-6-11-20/h3,5-6,10-11,14-15,18-19H,2,4,7-9,12-13,16-17H2,1H3,(H,28,30). The van der Waals surface area contributed by atoms with Crippen molar-refractivity contribution in [1.29, 1.82) is 0 Å². The zero-order valence-corrected chi connectivity index (χ0v) is 20.7. The van der Waals surface area contributed by atoms with Crippen molar-refractivity contribution in [2.24, 2.45) is 0 Å². The molecule has 0 atom stereocenters. The van der Waals surface area contributed by atoms with Crippen molar-refractivity contribution < 1.29 is 22.4 Å². The molecule has 9 heteroatoms. The van der Waals surface area contributed by atoms with Gasteiger partial charge < -0.3 is 14.5 Å². The quantitative estimate of drug-likeness (QED) is 0.429. The average molecular weight is 498 g/mol. The molecule has 0 radical (unpaired) electrons. The van der Waals surface area contributed by atoms with E-state index in [9.17, 15) is 13.2 Å². The Bertz CT molecular complexity index is 1230. The molecule has 3 aromatic rings. The van der Waals surface area contributed by atoms with E-state index in [0.717, 1.165) is 24.8 Å². The third-order valence-electron chi connectivity index (χ3n) is 5.87. The van der Waals surface area contributed by atoms with Crippen LogP contribution >= 0.6 is 0 Å². The molecule has 1 N–H and O–H groups in total. The van der Waals surface area contributed by atoms with Gasteiger partial charge in [0.05, 0.1) is 12.8 Å². The number of benzene rings is 2. The van der Waals surface area contributed by atoms with E-state index in [1.807, 2.05) is 37.3 Å². The number of nitrogens with one attached hydrogen (secondary N) is 1. The molecule has 2 aromatic carbocycles. The van der Waals surface area contributed by atoms with Crippen molar-refractivity contribution in [1.82, 2.24) is 9.29 Å². The summed E-state index contributed by atoms with van der Waals surface area (Å²) in [5.41, 5.74) is 1.38. The zero-order valence-electron chi connectivity index (χ0n) is 19.9. The Labute approximate surface area is 206 Å². The number of hydrogen-bond acceptors (Lipinski definition) is 6. The first kappa shape index (κ1) is 24.9. The third-order valence-corrected chi connectivity index (χ3v) is 7.79. The van der Waals surface area contributed by atoms with Gasteiger partial charge in [-0.15, -0.1) is 0 Å². The summed E-state index contributed by atoms with van der Waals surface area (Å²) in [6.07, 6.45) is 5.74. The number of ether oxygens (including phenoxy) is 1. The van der Waals surface area contributed by atoms with Gasteiger partial charge in [-0.3, -0.25) is 4.79 Å². The zero-order chi connectivity index (χ0) is 24.7. The second-order valence-electron chi connectivity index (χ2n) is 8.45. The molecule has 1 fully saturated rings. The Morgan fingerprint density at radius 2 is 1.89 bits per heavy atom. The fraction of sp³-hybridized carbons (Fsp3) is 0.385. The summed E-state index contributed by atoms with van der Waals surface area (Å²) in [6, 6.07) is 14.5. The van der Waals surface area contributed by atoms with Crippen molar-refractivity contribution in [2.75, 3.05) is 25.0 Å². The molecule has 186 valence electrons. The predicted octanol–water partition coefficient (Wildman–Crippen LogP) is 4.88. The summed E-state index contributed by atoms with van der Waals surface area (Å²) in [5.74, 6) is 1.37. The van der Waals surface area contributed by atoms with Crippen LogP contribution in [0.2, 0.25) is 0 Å². The molecule has 0 spiro atoms. The summed E-state index contributed by atoms with van der Waals surface area (Å²) < 4.78 is 39.4. The third kappa shape index (κ3) is 6.29. The monoisotopic (exact) mass is 497 g/mol. The number of carbonyl (C=O) groups excluding carboxylic acids is 1. The minimum absolute atomic E-state index is 0.0901. The molecular formula is C26H31N3O5S. The highest BCUT2D eigenvalue weighted by Crippen LogP contribution is 2.31. The average Bonchev–Trinajstić information content (AvgIpc) is 3.35. The van der Waals surface area contributed by atoms with E-state index in [2.05, 4.69) is 10.3 Å². The van der Waals surface area contributed by atoms with Gasteiger partial charge in [-0.05, 0) is 44.4 Å². The van der Waals surface area contributed by atoms with Crippen LogP contribution in [-0.4, -0.2) is 43.3 Å². The number of carbonyl (C=O) groups is 1. The van der Waals surface area contributed by atoms with Gasteiger partial charge in [0.15, 0.2) is 11.7 Å². The summed E-state index contributed by atoms with van der Waals surface area (Å²) in [4.78, 5) is 16.9. The lowest BCUT2D eigenvalue weighted by Crippen LogP contribution is -2.35. The van der Waals surface area contributed by atoms with E-state index in [-0.39, 0.29) is 17.2 Å². The van der Waals surface area contributed by atoms with Crippen LogP contribution < -0.4 is 10.1 Å². The van der Waals surface area contributed by atoms with Gasteiger partial charge in [0.25, 0.3) is 0 Å². The van der Waals surface area contributed by atoms with E-state index < -0.39 is 10.0 Å². The molecule has 1 aromatic heterocycles. The van der Waals surface area contributed by atoms with Gasteiger partial charge >= 0.3 is 0 Å². The Morgan fingerprint density at radius 1 is 1.11 bits per heavy atom. The van der Waals surface area contributed by atoms with Crippen LogP contribution in [0, 0.1) is 0 Å². The van der Waals surface area contributed by atoms with Gasteiger partial charge in [-0.1, -0.05) is 36.8 Å². The van der Waals surface area contributed by atoms with E-state index in [4.69, 9.17) is 9.15 Å². The number of aryl methyl sites for hydroxylation is 1. The minimum Gasteiger partial charge on any atom is -0.492 e. The van der Waals surface area contributed by atoms with Crippen LogP contribution in [0.5, 0.6) is 5.75 Å². The molecule has 8 nitrogen and oxygen atoms in total. The summed E-state index contributed by atoms with van der Waals surface area (Å²) in [5, 5.41) is 2.82. The Kier molecular flexibility index (Phi) is 8.20. The predicted molar refractivity (Wildman–Crippen MR) is 134 cm³/mol. The maximum atomic E-state index is 13.3. The number of piperidine rings is 1. The second-order valence-corrected chi connectivity index (χ2v) is 10.4. The molecule has 1 amide bonds. The second kappa shape index (κ2) is 11.5. The van der Waals surface area contributed by atoms with Crippen molar-refractivity contribution in [3.8, 4) is 17.1 Å². The lowest BCUT2D eigenvalue weighted by molar-refractivity contribution is -0.116. The number of nitrogens with zero attached hydrogens (tertiary/aromatic N) is 2. The van der Waals surface area contributed by atoms with Crippen molar-refractivity contribution in [3.05, 3.63) is 60.6 Å². The highest BCUT2D eigenvalue weighted by molar-refractivity contribution is 7.89. The van der Waals surface area contributed by atoms with Crippen LogP contribution in [-0.2, 0) is 21.2 Å². The number of sulfonamides is 1. The molecule has 0 unspecified atom stereocenters. The first-order valence-electron chi connectivity index (χ1n) is 12.0. The van der Waals surface area contributed by atoms with Gasteiger partial charge in [0.2, 0.25) is 15.9 Å². The molecule has 2 heterocycles. The minimum atomic E-state index is -3.71. The number of oxazole rings is 1. The van der Waals surface area contributed by atoms with Gasteiger partial charge in [0, 0.05) is 37.2 Å². The fourth-order valence-electron chi connectivity index (χ4n) is 4.09. The molecule has 1 saturated heterocycles. The van der Waals surface area contributed by atoms with Crippen LogP contribution in [0.4, 0.5) is 5.69 Å². The summed E-state index contributed by atoms with van der Waals surface area (Å²) in [6.45, 7) is 3.15. The Hall–Kier alpha value is -3.17. The maximum Gasteiger partial charge on any atom is 0.246 e. The van der Waals surface area contributed by atoms with Gasteiger partial charge in [-0.25, -0.2) is 13.4 Å². The summed E-state index contributed by atoms with van der Waals surface area (Å²) in [7, 11) is -3.71. The molecule has 1 aliphatic rings. The fourth-order valence-corrected chi connectivity index (χ4v) is 5.77. The lowest BCUT2D eigenvalue weighted by Gasteiger charge is -2.27. The van der Waals surface area contributed by atoms with Crippen LogP contribution in [0.15, 0.2) is 64.0 Å². The Morgan fingerprint density at radius 3 is 2.63 bits per heavy atom. The van der Waals surface area contributed by atoms with Crippen molar-refractivity contribution >= 4 is 21.6 Å². The van der Waals surface area contributed by atoms with E-state index in [1.54, 1.807) is 18.3 Å². The van der Waals surface area contributed by atoms with E-state index in [0.29, 0.717) is 55.6 Å². The van der Waals surface area contributed by atoms with Crippen LogP contribution in [0.3, 0.4) is 0 Å². The van der Waals surface area contributed by atoms with Crippen LogP contribution in [0.1, 0.15) is 44.9 Å². The molecule has 0 bridgehead atoms. The molecule has 0 saturated carbocycles. The number of aromatic nitrogens is 1. The molecule has 0 aliphatic carbocycles.